The molecule has 218 valence electrons. The molecule has 2 aliphatic carbocycles. The van der Waals surface area contributed by atoms with E-state index in [1.165, 1.54) is 4.90 Å². The van der Waals surface area contributed by atoms with Gasteiger partial charge in [-0.25, -0.2) is 13.8 Å². The van der Waals surface area contributed by atoms with Crippen molar-refractivity contribution in [1.82, 2.24) is 26.0 Å². The largest absolute Gasteiger partial charge is 0.356 e. The maximum Gasteiger partial charge on any atom is 0.291 e. The Morgan fingerprint density at radius 2 is 1.90 bits per heavy atom. The van der Waals surface area contributed by atoms with Crippen molar-refractivity contribution in [3.8, 4) is 0 Å². The Morgan fingerprint density at radius 1 is 1.26 bits per heavy atom. The Labute approximate surface area is 231 Å². The number of likely N-dealkylation sites (tertiary alicyclic amines) is 1. The lowest BCUT2D eigenvalue weighted by molar-refractivity contribution is -0.151. The zero-order valence-electron chi connectivity index (χ0n) is 23.0. The summed E-state index contributed by atoms with van der Waals surface area (Å²) in [7, 11) is 0. The lowest BCUT2D eigenvalue weighted by atomic mass is 9.80. The molecular formula is C26H38ClF2N5O5. The lowest BCUT2D eigenvalue weighted by Gasteiger charge is -2.39. The molecule has 3 N–H and O–H groups in total. The van der Waals surface area contributed by atoms with E-state index in [9.17, 15) is 32.8 Å². The van der Waals surface area contributed by atoms with E-state index in [1.807, 2.05) is 20.8 Å². The van der Waals surface area contributed by atoms with E-state index in [4.69, 9.17) is 11.6 Å². The number of hydrogen-bond donors (Lipinski definition) is 3. The van der Waals surface area contributed by atoms with Gasteiger partial charge in [0.2, 0.25) is 11.8 Å². The maximum atomic E-state index is 14.5. The van der Waals surface area contributed by atoms with Crippen LogP contribution >= 0.6 is 11.6 Å². The highest BCUT2D eigenvalue weighted by atomic mass is 35.5. The number of halogens is 3. The average molecular weight is 574 g/mol. The summed E-state index contributed by atoms with van der Waals surface area (Å²) in [5.41, 5.74) is -3.01. The molecule has 0 bridgehead atoms. The highest BCUT2D eigenvalue weighted by molar-refractivity contribution is 6.29. The number of hydrogen-bond acceptors (Lipinski definition) is 5. The van der Waals surface area contributed by atoms with Crippen LogP contribution in [0.4, 0.5) is 8.78 Å². The van der Waals surface area contributed by atoms with Gasteiger partial charge in [0, 0.05) is 13.1 Å². The molecule has 0 unspecified atom stereocenters. The first kappa shape index (κ1) is 29.5. The van der Waals surface area contributed by atoms with Crippen molar-refractivity contribution in [2.75, 3.05) is 19.6 Å². The smallest absolute Gasteiger partial charge is 0.291 e. The summed E-state index contributed by atoms with van der Waals surface area (Å²) in [5, 5.41) is 5.96. The monoisotopic (exact) mass is 573 g/mol. The normalized spacial score (nSPS) is 29.5. The highest BCUT2D eigenvalue weighted by Gasteiger charge is 2.70. The minimum Gasteiger partial charge on any atom is -0.356 e. The van der Waals surface area contributed by atoms with Crippen LogP contribution in [0.15, 0.2) is 0 Å². The van der Waals surface area contributed by atoms with Crippen LogP contribution in [0.3, 0.4) is 0 Å². The first-order chi connectivity index (χ1) is 18.0. The molecule has 10 nitrogen and oxygen atoms in total. The average Bonchev–Trinajstić information content (AvgIpc) is 3.55. The van der Waals surface area contributed by atoms with E-state index >= 15 is 0 Å². The lowest BCUT2D eigenvalue weighted by Crippen LogP contribution is -2.62. The van der Waals surface area contributed by atoms with Gasteiger partial charge in [-0.2, -0.15) is 0 Å². The minimum atomic E-state index is -2.44. The minimum absolute atomic E-state index is 0.0130. The summed E-state index contributed by atoms with van der Waals surface area (Å²) in [6.07, 6.45) is 1.08. The van der Waals surface area contributed by atoms with E-state index in [0.29, 0.717) is 19.4 Å². The standard InChI is InChI=1S/C26H38ClF2N5O5/c1-6-24(2,3)17(31-23(39)26(29)8-9-26)21(37)33-12-14-15(25(14,4)5)16(33)20(36)32-34(22(38)18(27)28)11-13-7-10-30-19(13)35/h13-18H,6-12H2,1-5H3,(H,30,35)(H,31,39)(H,32,36)/t13-,14-,15-,16-,17+,18-/m0/s1. The fourth-order valence-electron chi connectivity index (χ4n) is 5.92. The van der Waals surface area contributed by atoms with E-state index in [-0.39, 0.29) is 49.1 Å². The quantitative estimate of drug-likeness (QED) is 0.284. The van der Waals surface area contributed by atoms with Crippen LogP contribution in [-0.2, 0) is 24.0 Å². The molecular weight excluding hydrogens is 536 g/mol. The summed E-state index contributed by atoms with van der Waals surface area (Å²) < 4.78 is 28.4. The molecule has 6 atom stereocenters. The second kappa shape index (κ2) is 10.2. The van der Waals surface area contributed by atoms with E-state index in [1.54, 1.807) is 13.8 Å². The number of rotatable bonds is 9. The van der Waals surface area contributed by atoms with Gasteiger partial charge in [-0.15, -0.1) is 0 Å². The van der Waals surface area contributed by atoms with Crippen LogP contribution in [0.25, 0.3) is 0 Å². The van der Waals surface area contributed by atoms with Gasteiger partial charge in [-0.05, 0) is 48.3 Å². The molecule has 2 saturated heterocycles. The molecule has 4 aliphatic rings. The first-order valence-electron chi connectivity index (χ1n) is 13.5. The van der Waals surface area contributed by atoms with Crippen LogP contribution in [0.5, 0.6) is 0 Å². The molecule has 39 heavy (non-hydrogen) atoms. The Bertz CT molecular complexity index is 1070. The second-order valence-corrected chi connectivity index (χ2v) is 13.0. The number of fused-ring (bicyclic) bond motifs is 1. The number of nitrogens with zero attached hydrogens (tertiary/aromatic N) is 2. The zero-order valence-corrected chi connectivity index (χ0v) is 23.7. The highest BCUT2D eigenvalue weighted by Crippen LogP contribution is 2.65. The Hall–Kier alpha value is -2.50. The van der Waals surface area contributed by atoms with Crippen molar-refractivity contribution in [2.45, 2.75) is 83.7 Å². The molecule has 0 aromatic heterocycles. The summed E-state index contributed by atoms with van der Waals surface area (Å²) >= 11 is 5.40. The van der Waals surface area contributed by atoms with Crippen LogP contribution in [0, 0.1) is 28.6 Å². The number of amides is 5. The van der Waals surface area contributed by atoms with E-state index in [2.05, 4.69) is 16.1 Å². The molecule has 4 rings (SSSR count). The van der Waals surface area contributed by atoms with Gasteiger partial charge in [0.15, 0.2) is 5.67 Å². The third-order valence-electron chi connectivity index (χ3n) is 9.33. The summed E-state index contributed by atoms with van der Waals surface area (Å²) in [6, 6.07) is -2.11. The molecule has 2 aliphatic heterocycles. The van der Waals surface area contributed by atoms with Gasteiger partial charge in [0.1, 0.15) is 12.1 Å². The van der Waals surface area contributed by atoms with E-state index in [0.717, 1.165) is 5.01 Å². The maximum absolute atomic E-state index is 14.5. The van der Waals surface area contributed by atoms with Gasteiger partial charge < -0.3 is 15.5 Å². The van der Waals surface area contributed by atoms with Crippen LogP contribution in [0.2, 0.25) is 0 Å². The van der Waals surface area contributed by atoms with Gasteiger partial charge in [-0.3, -0.25) is 29.4 Å². The SMILES string of the molecule is CCC(C)(C)[C@H](NC(=O)C1(F)CC1)C(=O)N1C[C@H]2[C@@H]([C@H]1C(=O)NN(C[C@@H]1CCNC1=O)C(=O)[C@H](F)Cl)C2(C)C. The molecule has 4 fully saturated rings. The third kappa shape index (κ3) is 5.45. The zero-order chi connectivity index (χ0) is 29.1. The van der Waals surface area contributed by atoms with Crippen molar-refractivity contribution in [2.24, 2.45) is 28.6 Å². The second-order valence-electron chi connectivity index (χ2n) is 12.6. The third-order valence-corrected chi connectivity index (χ3v) is 9.52. The van der Waals surface area contributed by atoms with Gasteiger partial charge >= 0.3 is 0 Å². The Kier molecular flexibility index (Phi) is 7.68. The predicted molar refractivity (Wildman–Crippen MR) is 137 cm³/mol. The van der Waals surface area contributed by atoms with Gasteiger partial charge in [-0.1, -0.05) is 46.2 Å². The number of piperidine rings is 1. The summed E-state index contributed by atoms with van der Waals surface area (Å²) in [6.45, 7) is 9.73. The predicted octanol–water partition coefficient (Wildman–Crippen LogP) is 1.42. The van der Waals surface area contributed by atoms with Gasteiger partial charge in [0.05, 0.1) is 12.5 Å². The number of alkyl halides is 3. The fourth-order valence-corrected chi connectivity index (χ4v) is 6.04. The molecule has 2 saturated carbocycles. The molecule has 5 amide bonds. The van der Waals surface area contributed by atoms with Crippen molar-refractivity contribution in [3.05, 3.63) is 0 Å². The van der Waals surface area contributed by atoms with Crippen LogP contribution in [-0.4, -0.2) is 82.5 Å². The van der Waals surface area contributed by atoms with Gasteiger partial charge in [0.25, 0.3) is 23.4 Å². The van der Waals surface area contributed by atoms with Crippen molar-refractivity contribution in [1.29, 1.82) is 0 Å². The van der Waals surface area contributed by atoms with Crippen LogP contribution < -0.4 is 16.1 Å². The number of carbonyl (C=O) groups excluding carboxylic acids is 5. The molecule has 13 heteroatoms. The molecule has 2 heterocycles. The number of carbonyl (C=O) groups is 5. The Balaban J connectivity index is 1.58. The van der Waals surface area contributed by atoms with E-state index < -0.39 is 58.3 Å². The van der Waals surface area contributed by atoms with Crippen LogP contribution in [0.1, 0.15) is 60.3 Å². The van der Waals surface area contributed by atoms with Crippen molar-refractivity contribution >= 4 is 41.1 Å². The fraction of sp³-hybridized carbons (Fsp3) is 0.808. The van der Waals surface area contributed by atoms with Crippen molar-refractivity contribution in [3.63, 3.8) is 0 Å². The topological polar surface area (TPSA) is 128 Å². The molecule has 0 aromatic rings. The molecule has 0 spiro atoms. The number of hydrazine groups is 1. The molecule has 0 radical (unpaired) electrons. The Morgan fingerprint density at radius 3 is 2.41 bits per heavy atom. The molecule has 0 aromatic carbocycles. The number of nitrogens with one attached hydrogen (secondary N) is 3. The summed E-state index contributed by atoms with van der Waals surface area (Å²) in [5.74, 6) is -4.53. The summed E-state index contributed by atoms with van der Waals surface area (Å²) in [4.78, 5) is 66.3. The van der Waals surface area contributed by atoms with Crippen molar-refractivity contribution < 1.29 is 32.8 Å². The first-order valence-corrected chi connectivity index (χ1v) is 14.0.